The van der Waals surface area contributed by atoms with Crippen LogP contribution in [0, 0.1) is 3.57 Å². The van der Waals surface area contributed by atoms with E-state index in [1.807, 2.05) is 42.5 Å². The molecule has 0 saturated heterocycles. The van der Waals surface area contributed by atoms with Gasteiger partial charge < -0.3 is 10.6 Å². The summed E-state index contributed by atoms with van der Waals surface area (Å²) in [6.45, 7) is 2.72. The largest absolute Gasteiger partial charge is 0.399 e. The van der Waals surface area contributed by atoms with E-state index < -0.39 is 0 Å². The zero-order valence-electron chi connectivity index (χ0n) is 11.6. The molecular formula is C16H16BrIN2O. The molecule has 0 atom stereocenters. The highest BCUT2D eigenvalue weighted by atomic mass is 127. The number of nitrogens with two attached hydrogens (primary N) is 1. The van der Waals surface area contributed by atoms with Crippen LogP contribution in [0.2, 0.25) is 0 Å². The van der Waals surface area contributed by atoms with Crippen LogP contribution in [-0.4, -0.2) is 12.5 Å². The predicted molar refractivity (Wildman–Crippen MR) is 99.7 cm³/mol. The van der Waals surface area contributed by atoms with Gasteiger partial charge in [0.15, 0.2) is 0 Å². The topological polar surface area (TPSA) is 46.3 Å². The Balaban J connectivity index is 2.39. The third-order valence-corrected chi connectivity index (χ3v) is 4.42. The highest BCUT2D eigenvalue weighted by Gasteiger charge is 2.19. The van der Waals surface area contributed by atoms with E-state index in [-0.39, 0.29) is 5.91 Å². The number of nitrogens with zero attached hydrogens (tertiary/aromatic N) is 1. The predicted octanol–water partition coefficient (Wildman–Crippen LogP) is 4.69. The summed E-state index contributed by atoms with van der Waals surface area (Å²) in [7, 11) is 0. The fraction of sp³-hybridized carbons (Fsp3) is 0.188. The molecular weight excluding hydrogens is 443 g/mol. The third-order valence-electron chi connectivity index (χ3n) is 3.06. The van der Waals surface area contributed by atoms with E-state index >= 15 is 0 Å². The van der Waals surface area contributed by atoms with Crippen molar-refractivity contribution >= 4 is 55.8 Å². The first kappa shape index (κ1) is 16.3. The Kier molecular flexibility index (Phi) is 5.64. The Hall–Kier alpha value is -1.08. The number of amides is 1. The van der Waals surface area contributed by atoms with E-state index in [0.717, 1.165) is 20.2 Å². The van der Waals surface area contributed by atoms with Crippen LogP contribution in [0.25, 0.3) is 0 Å². The van der Waals surface area contributed by atoms with Crippen LogP contribution in [0.4, 0.5) is 11.4 Å². The Morgan fingerprint density at radius 2 is 1.90 bits per heavy atom. The van der Waals surface area contributed by atoms with Crippen LogP contribution >= 0.6 is 38.5 Å². The minimum Gasteiger partial charge on any atom is -0.399 e. The van der Waals surface area contributed by atoms with Gasteiger partial charge in [0.05, 0.1) is 5.56 Å². The number of hydrogen-bond acceptors (Lipinski definition) is 2. The van der Waals surface area contributed by atoms with E-state index in [1.165, 1.54) is 0 Å². The van der Waals surface area contributed by atoms with Crippen LogP contribution in [-0.2, 0) is 0 Å². The van der Waals surface area contributed by atoms with Gasteiger partial charge in [-0.3, -0.25) is 4.79 Å². The number of carbonyl (C=O) groups excluding carboxylic acids is 1. The van der Waals surface area contributed by atoms with Crippen molar-refractivity contribution in [1.82, 2.24) is 0 Å². The first-order valence-electron chi connectivity index (χ1n) is 6.65. The maximum atomic E-state index is 12.9. The van der Waals surface area contributed by atoms with Gasteiger partial charge >= 0.3 is 0 Å². The highest BCUT2D eigenvalue weighted by Crippen LogP contribution is 2.25. The van der Waals surface area contributed by atoms with Gasteiger partial charge in [0.1, 0.15) is 0 Å². The van der Waals surface area contributed by atoms with Crippen LogP contribution in [0.5, 0.6) is 0 Å². The third kappa shape index (κ3) is 3.97. The summed E-state index contributed by atoms with van der Waals surface area (Å²) in [6, 6.07) is 13.2. The van der Waals surface area contributed by atoms with Gasteiger partial charge in [-0.2, -0.15) is 0 Å². The average molecular weight is 459 g/mol. The van der Waals surface area contributed by atoms with Gasteiger partial charge in [-0.25, -0.2) is 0 Å². The molecule has 2 N–H and O–H groups in total. The van der Waals surface area contributed by atoms with Crippen molar-refractivity contribution in [2.75, 3.05) is 17.2 Å². The summed E-state index contributed by atoms with van der Waals surface area (Å²) >= 11 is 5.67. The molecule has 0 heterocycles. The fourth-order valence-electron chi connectivity index (χ4n) is 2.03. The SMILES string of the molecule is CCCN(C(=O)c1cc(I)ccc1Br)c1ccc(N)cc1. The van der Waals surface area contributed by atoms with Gasteiger partial charge in [-0.1, -0.05) is 6.92 Å². The molecule has 21 heavy (non-hydrogen) atoms. The summed E-state index contributed by atoms with van der Waals surface area (Å²) in [6.07, 6.45) is 0.887. The molecule has 0 radical (unpaired) electrons. The molecule has 5 heteroatoms. The van der Waals surface area contributed by atoms with Crippen LogP contribution in [0.1, 0.15) is 23.7 Å². The lowest BCUT2D eigenvalue weighted by molar-refractivity contribution is 0.0986. The second-order valence-electron chi connectivity index (χ2n) is 4.67. The minimum atomic E-state index is -0.00740. The Morgan fingerprint density at radius 1 is 1.24 bits per heavy atom. The molecule has 110 valence electrons. The van der Waals surface area contributed by atoms with E-state index in [9.17, 15) is 4.79 Å². The van der Waals surface area contributed by atoms with E-state index in [0.29, 0.717) is 17.8 Å². The molecule has 0 aliphatic rings. The van der Waals surface area contributed by atoms with Crippen LogP contribution in [0.15, 0.2) is 46.9 Å². The summed E-state index contributed by atoms with van der Waals surface area (Å²) in [5, 5.41) is 0. The number of hydrogen-bond donors (Lipinski definition) is 1. The zero-order chi connectivity index (χ0) is 15.4. The Bertz CT molecular complexity index is 643. The summed E-state index contributed by atoms with van der Waals surface area (Å²) in [5.74, 6) is -0.00740. The molecule has 0 unspecified atom stereocenters. The molecule has 0 aromatic heterocycles. The molecule has 3 nitrogen and oxygen atoms in total. The maximum Gasteiger partial charge on any atom is 0.259 e. The normalized spacial score (nSPS) is 10.4. The quantitative estimate of drug-likeness (QED) is 0.533. The average Bonchev–Trinajstić information content (AvgIpc) is 2.48. The van der Waals surface area contributed by atoms with Gasteiger partial charge in [0, 0.05) is 26.0 Å². The second-order valence-corrected chi connectivity index (χ2v) is 6.77. The molecule has 0 saturated carbocycles. The van der Waals surface area contributed by atoms with Crippen LogP contribution < -0.4 is 10.6 Å². The number of anilines is 2. The molecule has 2 rings (SSSR count). The molecule has 1 amide bonds. The number of nitrogen functional groups attached to an aromatic ring is 1. The number of halogens is 2. The molecule has 2 aromatic carbocycles. The van der Waals surface area contributed by atoms with Gasteiger partial charge in [0.25, 0.3) is 5.91 Å². The molecule has 0 fully saturated rings. The lowest BCUT2D eigenvalue weighted by Crippen LogP contribution is -2.32. The summed E-state index contributed by atoms with van der Waals surface area (Å²) in [5.41, 5.74) is 7.95. The molecule has 2 aromatic rings. The van der Waals surface area contributed by atoms with Gasteiger partial charge in [-0.15, -0.1) is 0 Å². The minimum absolute atomic E-state index is 0.00740. The maximum absolute atomic E-state index is 12.9. The van der Waals surface area contributed by atoms with Gasteiger partial charge in [0.2, 0.25) is 0 Å². The van der Waals surface area contributed by atoms with Crippen molar-refractivity contribution in [3.8, 4) is 0 Å². The Morgan fingerprint density at radius 3 is 2.52 bits per heavy atom. The number of rotatable bonds is 4. The first-order valence-corrected chi connectivity index (χ1v) is 8.52. The zero-order valence-corrected chi connectivity index (χ0v) is 15.4. The van der Waals surface area contributed by atoms with E-state index in [1.54, 1.807) is 4.90 Å². The van der Waals surface area contributed by atoms with E-state index in [2.05, 4.69) is 45.4 Å². The molecule has 0 spiro atoms. The summed E-state index contributed by atoms with van der Waals surface area (Å²) in [4.78, 5) is 14.6. The van der Waals surface area contributed by atoms with Crippen molar-refractivity contribution in [2.45, 2.75) is 13.3 Å². The number of carbonyl (C=O) groups is 1. The van der Waals surface area contributed by atoms with E-state index in [4.69, 9.17) is 5.73 Å². The summed E-state index contributed by atoms with van der Waals surface area (Å²) < 4.78 is 1.84. The Labute approximate surface area is 146 Å². The van der Waals surface area contributed by atoms with Gasteiger partial charge in [-0.05, 0) is 87.4 Å². The smallest absolute Gasteiger partial charge is 0.259 e. The van der Waals surface area contributed by atoms with Crippen molar-refractivity contribution in [2.24, 2.45) is 0 Å². The molecule has 0 bridgehead atoms. The molecule has 0 aliphatic heterocycles. The van der Waals surface area contributed by atoms with Crippen molar-refractivity contribution < 1.29 is 4.79 Å². The highest BCUT2D eigenvalue weighted by molar-refractivity contribution is 14.1. The first-order chi connectivity index (χ1) is 10.0. The second kappa shape index (κ2) is 7.26. The van der Waals surface area contributed by atoms with Crippen molar-refractivity contribution in [3.63, 3.8) is 0 Å². The standard InChI is InChI=1S/C16H16BrIN2O/c1-2-9-20(13-6-4-12(19)5-7-13)16(21)14-10-11(18)3-8-15(14)17/h3-8,10H,2,9,19H2,1H3. The van der Waals surface area contributed by atoms with Crippen molar-refractivity contribution in [1.29, 1.82) is 0 Å². The lowest BCUT2D eigenvalue weighted by Gasteiger charge is -2.23. The van der Waals surface area contributed by atoms with Crippen LogP contribution in [0.3, 0.4) is 0 Å². The monoisotopic (exact) mass is 458 g/mol. The fourth-order valence-corrected chi connectivity index (χ4v) is 2.94. The van der Waals surface area contributed by atoms with Crippen molar-refractivity contribution in [3.05, 3.63) is 56.1 Å². The number of benzene rings is 2. The lowest BCUT2D eigenvalue weighted by atomic mass is 10.1. The molecule has 0 aliphatic carbocycles.